The number of anilines is 1. The molecule has 6 atom stereocenters. The van der Waals surface area contributed by atoms with E-state index in [1.807, 2.05) is 0 Å². The van der Waals surface area contributed by atoms with E-state index in [4.69, 9.17) is 47.7 Å². The summed E-state index contributed by atoms with van der Waals surface area (Å²) >= 11 is 11.8. The van der Waals surface area contributed by atoms with Gasteiger partial charge in [-0.2, -0.15) is 0 Å². The molecule has 206 valence electrons. The lowest BCUT2D eigenvalue weighted by atomic mass is 10.1. The van der Waals surface area contributed by atoms with Crippen molar-refractivity contribution in [2.24, 2.45) is 0 Å². The number of esters is 1. The third kappa shape index (κ3) is 6.07. The standard InChI is InChI=1S/C22H27ClFN6O6PS/c1-12(2)34-20(32)13(3)29-37(38,36-14-7-5-4-6-8-14)33-9-15-17(31)22(23,24)21(35-15)30-11-28-16-18(25)26-10-27-19(16)30/h4-8,10-13,15,17,21,31H,9H2,1-3H3,(H,29,38)(H2,25,26,27). The van der Waals surface area contributed by atoms with Crippen LogP contribution in [0.4, 0.5) is 10.2 Å². The summed E-state index contributed by atoms with van der Waals surface area (Å²) in [5.74, 6) is -0.109. The quantitative estimate of drug-likeness (QED) is 0.181. The van der Waals surface area contributed by atoms with Crippen LogP contribution in [0.3, 0.4) is 0 Å². The predicted molar refractivity (Wildman–Crippen MR) is 140 cm³/mol. The van der Waals surface area contributed by atoms with Crippen LogP contribution >= 0.6 is 18.2 Å². The topological polar surface area (TPSA) is 156 Å². The molecule has 4 rings (SSSR count). The zero-order valence-corrected chi connectivity index (χ0v) is 23.1. The molecule has 4 N–H and O–H groups in total. The van der Waals surface area contributed by atoms with Gasteiger partial charge in [0.2, 0.25) is 0 Å². The molecule has 0 radical (unpaired) electrons. The highest BCUT2D eigenvalue weighted by atomic mass is 35.5. The van der Waals surface area contributed by atoms with Crippen LogP contribution in [0.5, 0.6) is 5.75 Å². The van der Waals surface area contributed by atoms with E-state index in [0.717, 1.165) is 0 Å². The molecule has 38 heavy (non-hydrogen) atoms. The number of ether oxygens (including phenoxy) is 2. The summed E-state index contributed by atoms with van der Waals surface area (Å²) in [4.78, 5) is 24.4. The number of aliphatic hydroxyl groups is 1. The van der Waals surface area contributed by atoms with Crippen molar-refractivity contribution >= 4 is 53.0 Å². The summed E-state index contributed by atoms with van der Waals surface area (Å²) in [6, 6.07) is 7.67. The summed E-state index contributed by atoms with van der Waals surface area (Å²) in [5, 5.41) is 10.8. The molecule has 0 saturated carbocycles. The molecular weight excluding hydrogens is 562 g/mol. The van der Waals surface area contributed by atoms with E-state index in [9.17, 15) is 9.90 Å². The molecule has 1 aliphatic rings. The minimum atomic E-state index is -3.47. The van der Waals surface area contributed by atoms with Gasteiger partial charge in [0, 0.05) is 0 Å². The number of halogens is 2. The van der Waals surface area contributed by atoms with E-state index in [-0.39, 0.29) is 23.1 Å². The number of para-hydroxylation sites is 1. The summed E-state index contributed by atoms with van der Waals surface area (Å²) in [6.07, 6.45) is -2.58. The average Bonchev–Trinajstić information content (AvgIpc) is 3.37. The van der Waals surface area contributed by atoms with E-state index in [2.05, 4.69) is 20.0 Å². The normalized spacial score (nSPS) is 25.8. The predicted octanol–water partition coefficient (Wildman–Crippen LogP) is 2.82. The van der Waals surface area contributed by atoms with Crippen molar-refractivity contribution in [3.8, 4) is 5.75 Å². The number of nitrogens with two attached hydrogens (primary N) is 1. The molecule has 1 saturated heterocycles. The van der Waals surface area contributed by atoms with Crippen molar-refractivity contribution in [3.63, 3.8) is 0 Å². The molecule has 2 aromatic heterocycles. The lowest BCUT2D eigenvalue weighted by molar-refractivity contribution is -0.149. The molecule has 1 aliphatic heterocycles. The van der Waals surface area contributed by atoms with E-state index >= 15 is 4.39 Å². The first-order valence-corrected chi connectivity index (χ1v) is 14.5. The molecule has 1 aromatic carbocycles. The minimum absolute atomic E-state index is 0.0844. The number of aromatic nitrogens is 4. The Kier molecular flexibility index (Phi) is 8.52. The fourth-order valence-electron chi connectivity index (χ4n) is 3.65. The summed E-state index contributed by atoms with van der Waals surface area (Å²) in [6.45, 7) is 1.07. The van der Waals surface area contributed by atoms with Crippen LogP contribution in [-0.2, 0) is 30.6 Å². The number of rotatable bonds is 10. The summed E-state index contributed by atoms with van der Waals surface area (Å²) < 4.78 is 39.6. The number of hydrogen-bond acceptors (Lipinski definition) is 11. The third-order valence-electron chi connectivity index (χ3n) is 5.45. The lowest BCUT2D eigenvalue weighted by Crippen LogP contribution is -2.40. The van der Waals surface area contributed by atoms with Gasteiger partial charge >= 0.3 is 12.6 Å². The zero-order chi connectivity index (χ0) is 27.7. The van der Waals surface area contributed by atoms with Crippen LogP contribution in [0.2, 0.25) is 0 Å². The van der Waals surface area contributed by atoms with Crippen molar-refractivity contribution < 1.29 is 32.8 Å². The first-order chi connectivity index (χ1) is 17.9. The number of carbonyl (C=O) groups is 1. The average molecular weight is 589 g/mol. The van der Waals surface area contributed by atoms with Gasteiger partial charge in [-0.3, -0.25) is 9.36 Å². The Hall–Kier alpha value is -2.45. The Balaban J connectivity index is 1.54. The summed E-state index contributed by atoms with van der Waals surface area (Å²) in [5.41, 5.74) is 6.19. The number of fused-ring (bicyclic) bond motifs is 1. The Morgan fingerprint density at radius 2 is 2.05 bits per heavy atom. The highest BCUT2D eigenvalue weighted by molar-refractivity contribution is 8.09. The highest BCUT2D eigenvalue weighted by Gasteiger charge is 2.58. The van der Waals surface area contributed by atoms with Crippen molar-refractivity contribution in [2.75, 3.05) is 12.3 Å². The van der Waals surface area contributed by atoms with Crippen LogP contribution < -0.4 is 15.3 Å². The van der Waals surface area contributed by atoms with Crippen LogP contribution in [-0.4, -0.2) is 66.7 Å². The SMILES string of the molecule is CC(C)OC(=O)C(C)NP(=S)(OCC1OC(n2cnc3c(N)ncnc32)C(F)(Cl)C1O)Oc1ccccc1. The number of aliphatic hydroxyl groups excluding tert-OH is 1. The largest absolute Gasteiger partial charge is 0.462 e. The summed E-state index contributed by atoms with van der Waals surface area (Å²) in [7, 11) is 0. The van der Waals surface area contributed by atoms with E-state index < -0.39 is 48.8 Å². The number of nitrogens with zero attached hydrogens (tertiary/aromatic N) is 4. The van der Waals surface area contributed by atoms with Gasteiger partial charge in [0.05, 0.1) is 19.0 Å². The highest BCUT2D eigenvalue weighted by Crippen LogP contribution is 2.49. The Labute approximate surface area is 227 Å². The van der Waals surface area contributed by atoms with E-state index in [0.29, 0.717) is 5.75 Å². The Morgan fingerprint density at radius 3 is 2.74 bits per heavy atom. The van der Waals surface area contributed by atoms with E-state index in [1.54, 1.807) is 51.1 Å². The van der Waals surface area contributed by atoms with Crippen LogP contribution in [0.1, 0.15) is 27.0 Å². The molecule has 0 aliphatic carbocycles. The molecule has 0 amide bonds. The zero-order valence-electron chi connectivity index (χ0n) is 20.6. The second-order valence-corrected chi connectivity index (χ2v) is 12.5. The van der Waals surface area contributed by atoms with Crippen LogP contribution in [0.15, 0.2) is 43.0 Å². The van der Waals surface area contributed by atoms with Gasteiger partial charge in [-0.05, 0) is 44.7 Å². The molecule has 3 aromatic rings. The minimum Gasteiger partial charge on any atom is -0.462 e. The molecule has 0 spiro atoms. The maximum absolute atomic E-state index is 15.6. The number of alkyl halides is 2. The molecular formula is C22H27ClFN6O6PS. The third-order valence-corrected chi connectivity index (χ3v) is 8.36. The number of nitrogen functional groups attached to an aromatic ring is 1. The molecule has 1 fully saturated rings. The van der Waals surface area contributed by atoms with Gasteiger partial charge in [-0.25, -0.2) is 24.4 Å². The van der Waals surface area contributed by atoms with Crippen molar-refractivity contribution in [1.82, 2.24) is 24.6 Å². The maximum Gasteiger partial charge on any atom is 0.323 e. The van der Waals surface area contributed by atoms with Crippen LogP contribution in [0, 0.1) is 0 Å². The second-order valence-electron chi connectivity index (χ2n) is 8.76. The van der Waals surface area contributed by atoms with Crippen molar-refractivity contribution in [1.29, 1.82) is 0 Å². The first-order valence-electron chi connectivity index (χ1n) is 11.5. The fourth-order valence-corrected chi connectivity index (χ4v) is 6.37. The fraction of sp³-hybridized carbons (Fsp3) is 0.455. The van der Waals surface area contributed by atoms with Gasteiger partial charge < -0.3 is 29.4 Å². The van der Waals surface area contributed by atoms with Gasteiger partial charge in [0.25, 0.3) is 5.13 Å². The van der Waals surface area contributed by atoms with Gasteiger partial charge in [-0.1, -0.05) is 29.8 Å². The molecule has 0 bridgehead atoms. The van der Waals surface area contributed by atoms with Crippen molar-refractivity contribution in [2.45, 2.75) is 56.5 Å². The number of imidazole rings is 1. The van der Waals surface area contributed by atoms with Gasteiger partial charge in [-0.15, -0.1) is 0 Å². The monoisotopic (exact) mass is 588 g/mol. The molecule has 6 unspecified atom stereocenters. The number of carbonyl (C=O) groups excluding carboxylic acids is 1. The van der Waals surface area contributed by atoms with Crippen LogP contribution in [0.25, 0.3) is 11.2 Å². The number of benzene rings is 1. The smallest absolute Gasteiger partial charge is 0.323 e. The van der Waals surface area contributed by atoms with E-state index in [1.165, 1.54) is 17.2 Å². The molecule has 12 nitrogen and oxygen atoms in total. The number of nitrogens with one attached hydrogen (secondary N) is 1. The van der Waals surface area contributed by atoms with Gasteiger partial charge in [0.15, 0.2) is 17.7 Å². The Morgan fingerprint density at radius 1 is 1.34 bits per heavy atom. The lowest BCUT2D eigenvalue weighted by Gasteiger charge is -2.28. The first kappa shape index (κ1) is 28.6. The number of hydrogen-bond donors (Lipinski definition) is 3. The Bertz CT molecular complexity index is 1330. The molecule has 3 heterocycles. The maximum atomic E-state index is 15.6. The molecule has 16 heteroatoms. The van der Waals surface area contributed by atoms with Crippen molar-refractivity contribution in [3.05, 3.63) is 43.0 Å². The second kappa shape index (κ2) is 11.3. The van der Waals surface area contributed by atoms with Gasteiger partial charge in [0.1, 0.15) is 35.8 Å².